The number of aromatic nitrogens is 1. The number of fused-ring (bicyclic) bond motifs is 1. The first kappa shape index (κ1) is 14.3. The zero-order valence-corrected chi connectivity index (χ0v) is 13.1. The molecule has 1 atom stereocenters. The molecular weight excluding hydrogens is 288 g/mol. The van der Waals surface area contributed by atoms with Gasteiger partial charge in [0.2, 0.25) is 6.79 Å². The normalized spacial score (nSPS) is 14.4. The molecule has 6 heteroatoms. The van der Waals surface area contributed by atoms with Gasteiger partial charge in [0.15, 0.2) is 11.5 Å². The van der Waals surface area contributed by atoms with Gasteiger partial charge in [-0.15, -0.1) is 0 Å². The zero-order chi connectivity index (χ0) is 14.8. The fourth-order valence-corrected chi connectivity index (χ4v) is 3.19. The Hall–Kier alpha value is -1.66. The number of thioether (sulfide) groups is 1. The summed E-state index contributed by atoms with van der Waals surface area (Å²) < 4.78 is 16.4. The second-order valence-corrected chi connectivity index (χ2v) is 5.86. The molecule has 112 valence electrons. The van der Waals surface area contributed by atoms with Crippen LogP contribution in [0.2, 0.25) is 0 Å². The van der Waals surface area contributed by atoms with Crippen LogP contribution >= 0.6 is 11.8 Å². The molecule has 0 saturated carbocycles. The molecule has 0 fully saturated rings. The maximum Gasteiger partial charge on any atom is 0.256 e. The van der Waals surface area contributed by atoms with Gasteiger partial charge < -0.3 is 19.2 Å². The third-order valence-corrected chi connectivity index (χ3v) is 4.45. The highest BCUT2D eigenvalue weighted by atomic mass is 32.2. The van der Waals surface area contributed by atoms with Crippen LogP contribution in [0, 0.1) is 13.8 Å². The van der Waals surface area contributed by atoms with E-state index in [1.54, 1.807) is 11.8 Å². The van der Waals surface area contributed by atoms with Crippen LogP contribution < -0.4 is 14.8 Å². The van der Waals surface area contributed by atoms with Crippen molar-refractivity contribution in [1.29, 1.82) is 0 Å². The van der Waals surface area contributed by atoms with Crippen molar-refractivity contribution < 1.29 is 13.9 Å². The van der Waals surface area contributed by atoms with Gasteiger partial charge in [-0.1, -0.05) is 17.8 Å². The van der Waals surface area contributed by atoms with E-state index in [4.69, 9.17) is 13.9 Å². The Bertz CT molecular complexity index is 622. The Balaban J connectivity index is 1.70. The van der Waals surface area contributed by atoms with Crippen LogP contribution in [0.15, 0.2) is 27.8 Å². The molecule has 0 radical (unpaired) electrons. The van der Waals surface area contributed by atoms with E-state index in [1.807, 2.05) is 33.0 Å². The lowest BCUT2D eigenvalue weighted by Gasteiger charge is -2.15. The van der Waals surface area contributed by atoms with E-state index in [1.165, 1.54) is 0 Å². The second-order valence-electron chi connectivity index (χ2n) is 4.89. The molecule has 1 aromatic heterocycles. The summed E-state index contributed by atoms with van der Waals surface area (Å²) in [4.78, 5) is 4.39. The number of ether oxygens (including phenoxy) is 2. The van der Waals surface area contributed by atoms with Crippen molar-refractivity contribution in [2.75, 3.05) is 19.6 Å². The van der Waals surface area contributed by atoms with Crippen LogP contribution in [0.5, 0.6) is 11.5 Å². The first-order valence-electron chi connectivity index (χ1n) is 6.81. The Morgan fingerprint density at radius 3 is 2.81 bits per heavy atom. The molecule has 2 heterocycles. The zero-order valence-electron chi connectivity index (χ0n) is 12.3. The lowest BCUT2D eigenvalue weighted by molar-refractivity contribution is 0.174. The molecule has 1 aliphatic heterocycles. The molecule has 0 amide bonds. The Labute approximate surface area is 128 Å². The quantitative estimate of drug-likeness (QED) is 0.857. The van der Waals surface area contributed by atoms with Crippen molar-refractivity contribution in [3.63, 3.8) is 0 Å². The fourth-order valence-electron chi connectivity index (χ4n) is 2.14. The number of hydrogen-bond acceptors (Lipinski definition) is 6. The number of hydrogen-bond donors (Lipinski definition) is 1. The maximum atomic E-state index is 5.60. The third-order valence-electron chi connectivity index (χ3n) is 3.53. The fraction of sp³-hybridized carbons (Fsp3) is 0.400. The molecule has 0 bridgehead atoms. The van der Waals surface area contributed by atoms with Crippen LogP contribution in [0.3, 0.4) is 0 Å². The van der Waals surface area contributed by atoms with Crippen LogP contribution in [0.4, 0.5) is 0 Å². The highest BCUT2D eigenvalue weighted by Crippen LogP contribution is 2.35. The molecule has 21 heavy (non-hydrogen) atoms. The summed E-state index contributed by atoms with van der Waals surface area (Å²) in [5.41, 5.74) is 2.11. The van der Waals surface area contributed by atoms with Gasteiger partial charge in [-0.05, 0) is 38.6 Å². The van der Waals surface area contributed by atoms with Gasteiger partial charge in [-0.3, -0.25) is 0 Å². The van der Waals surface area contributed by atoms with Crippen molar-refractivity contribution in [2.24, 2.45) is 0 Å². The topological polar surface area (TPSA) is 56.5 Å². The molecule has 0 aliphatic carbocycles. The largest absolute Gasteiger partial charge is 0.454 e. The molecule has 0 saturated heterocycles. The number of aryl methyl sites for hydroxylation is 2. The monoisotopic (exact) mass is 306 g/mol. The number of oxazole rings is 1. The third kappa shape index (κ3) is 3.01. The summed E-state index contributed by atoms with van der Waals surface area (Å²) in [6, 6.07) is 6.22. The average molecular weight is 306 g/mol. The summed E-state index contributed by atoms with van der Waals surface area (Å²) in [7, 11) is 1.95. The number of nitrogens with one attached hydrogen (secondary N) is 1. The molecular formula is C15H18N2O3S. The first-order valence-corrected chi connectivity index (χ1v) is 7.79. The maximum absolute atomic E-state index is 5.60. The first-order chi connectivity index (χ1) is 10.2. The highest BCUT2D eigenvalue weighted by molar-refractivity contribution is 7.99. The van der Waals surface area contributed by atoms with E-state index in [0.717, 1.165) is 34.3 Å². The van der Waals surface area contributed by atoms with E-state index < -0.39 is 0 Å². The Morgan fingerprint density at radius 2 is 2.10 bits per heavy atom. The van der Waals surface area contributed by atoms with Gasteiger partial charge in [-0.2, -0.15) is 0 Å². The predicted octanol–water partition coefficient (Wildman–Crippen LogP) is 3.07. The average Bonchev–Trinajstić information content (AvgIpc) is 3.06. The van der Waals surface area contributed by atoms with E-state index in [2.05, 4.69) is 16.4 Å². The van der Waals surface area contributed by atoms with Crippen LogP contribution in [0.1, 0.15) is 23.1 Å². The minimum absolute atomic E-state index is 0.192. The Morgan fingerprint density at radius 1 is 1.29 bits per heavy atom. The summed E-state index contributed by atoms with van der Waals surface area (Å²) >= 11 is 1.60. The molecule has 5 nitrogen and oxygen atoms in total. The molecule has 1 N–H and O–H groups in total. The van der Waals surface area contributed by atoms with E-state index in [-0.39, 0.29) is 6.04 Å². The van der Waals surface area contributed by atoms with Gasteiger partial charge >= 0.3 is 0 Å². The van der Waals surface area contributed by atoms with Gasteiger partial charge in [-0.25, -0.2) is 4.98 Å². The SMILES string of the molecule is CNC(CSc1nc(C)c(C)o1)c1ccc2c(c1)OCO2. The van der Waals surface area contributed by atoms with Gasteiger partial charge in [0.1, 0.15) is 5.76 Å². The van der Waals surface area contributed by atoms with Crippen LogP contribution in [-0.2, 0) is 0 Å². The molecule has 2 aromatic rings. The van der Waals surface area contributed by atoms with Crippen LogP contribution in [0.25, 0.3) is 0 Å². The van der Waals surface area contributed by atoms with Crippen molar-refractivity contribution in [2.45, 2.75) is 25.1 Å². The molecule has 1 aromatic carbocycles. The molecule has 0 spiro atoms. The van der Waals surface area contributed by atoms with Crippen LogP contribution in [-0.4, -0.2) is 24.6 Å². The summed E-state index contributed by atoms with van der Waals surface area (Å²) in [5.74, 6) is 3.32. The minimum Gasteiger partial charge on any atom is -0.454 e. The lowest BCUT2D eigenvalue weighted by Crippen LogP contribution is -2.18. The Kier molecular flexibility index (Phi) is 4.07. The van der Waals surface area contributed by atoms with E-state index in [9.17, 15) is 0 Å². The number of nitrogens with zero attached hydrogens (tertiary/aromatic N) is 1. The number of rotatable bonds is 5. The van der Waals surface area contributed by atoms with Gasteiger partial charge in [0.25, 0.3) is 5.22 Å². The smallest absolute Gasteiger partial charge is 0.256 e. The summed E-state index contributed by atoms with van der Waals surface area (Å²) in [6.45, 7) is 4.18. The number of benzene rings is 1. The standard InChI is InChI=1S/C15H18N2O3S/c1-9-10(2)20-15(17-9)21-7-12(16-3)11-4-5-13-14(6-11)19-8-18-13/h4-6,12,16H,7-8H2,1-3H3. The molecule has 1 aliphatic rings. The van der Waals surface area contributed by atoms with E-state index in [0.29, 0.717) is 12.0 Å². The molecule has 1 unspecified atom stereocenters. The van der Waals surface area contributed by atoms with Crippen molar-refractivity contribution >= 4 is 11.8 Å². The van der Waals surface area contributed by atoms with Crippen molar-refractivity contribution in [3.8, 4) is 11.5 Å². The minimum atomic E-state index is 0.192. The van der Waals surface area contributed by atoms with Gasteiger partial charge in [0.05, 0.1) is 5.69 Å². The lowest BCUT2D eigenvalue weighted by atomic mass is 10.1. The summed E-state index contributed by atoms with van der Waals surface area (Å²) in [5, 5.41) is 4.03. The van der Waals surface area contributed by atoms with Gasteiger partial charge in [0, 0.05) is 11.8 Å². The predicted molar refractivity (Wildman–Crippen MR) is 81.1 cm³/mol. The van der Waals surface area contributed by atoms with Crippen molar-refractivity contribution in [1.82, 2.24) is 10.3 Å². The van der Waals surface area contributed by atoms with E-state index >= 15 is 0 Å². The highest BCUT2D eigenvalue weighted by Gasteiger charge is 2.18. The summed E-state index contributed by atoms with van der Waals surface area (Å²) in [6.07, 6.45) is 0. The second kappa shape index (κ2) is 5.99. The van der Waals surface area contributed by atoms with Crippen molar-refractivity contribution in [3.05, 3.63) is 35.2 Å². The molecule has 3 rings (SSSR count).